The lowest BCUT2D eigenvalue weighted by Crippen LogP contribution is -2.06. The Balaban J connectivity index is 1.05. The Labute approximate surface area is 355 Å². The molecule has 0 aliphatic heterocycles. The van der Waals surface area contributed by atoms with Crippen molar-refractivity contribution >= 4 is 76.1 Å². The van der Waals surface area contributed by atoms with E-state index in [4.69, 9.17) is 19.4 Å². The van der Waals surface area contributed by atoms with Crippen molar-refractivity contribution in [3.8, 4) is 51.0 Å². The van der Waals surface area contributed by atoms with Gasteiger partial charge in [-0.3, -0.25) is 4.57 Å². The van der Waals surface area contributed by atoms with Crippen molar-refractivity contribution in [2.45, 2.75) is 0 Å². The molecular formula is C57H34N4O. The highest BCUT2D eigenvalue weighted by Gasteiger charge is 2.22. The summed E-state index contributed by atoms with van der Waals surface area (Å²) in [7, 11) is 0. The SMILES string of the molecule is c1ccc(-c2ccccc2-c2ccc(-c3nc(-c4ccc5oc6cc7ccccc7cc6c5c4)nc(-n4c5ccc6ccccc6c5c5c6ccccc6ccc54)n3)cc2)cc1. The fraction of sp³-hybridized carbons (Fsp3) is 0. The van der Waals surface area contributed by atoms with Crippen LogP contribution in [0, 0.1) is 0 Å². The Kier molecular flexibility index (Phi) is 7.54. The topological polar surface area (TPSA) is 56.7 Å². The zero-order valence-corrected chi connectivity index (χ0v) is 33.3. The molecule has 288 valence electrons. The summed E-state index contributed by atoms with van der Waals surface area (Å²) in [5.74, 6) is 1.72. The van der Waals surface area contributed by atoms with Crippen LogP contribution in [-0.4, -0.2) is 19.5 Å². The molecule has 3 aromatic heterocycles. The standard InChI is InChI=1S/C57H34N4O/c1-2-12-35(13-3-1)43-18-10-11-19-44(43)38-22-24-39(25-23-38)55-58-56(42-28-31-51-47(33-42)48-32-40-16-4-5-17-41(40)34-52(48)62-51)60-57(59-55)61-49-29-26-36-14-6-8-20-45(36)53(49)54-46-21-9-7-15-37(46)27-30-50(54)61/h1-34H. The maximum absolute atomic E-state index is 6.42. The summed E-state index contributed by atoms with van der Waals surface area (Å²) in [5.41, 5.74) is 10.2. The van der Waals surface area contributed by atoms with E-state index >= 15 is 0 Å². The van der Waals surface area contributed by atoms with Crippen LogP contribution in [0.5, 0.6) is 0 Å². The molecule has 0 saturated heterocycles. The highest BCUT2D eigenvalue weighted by molar-refractivity contribution is 6.28. The molecule has 0 amide bonds. The fourth-order valence-corrected chi connectivity index (χ4v) is 9.49. The van der Waals surface area contributed by atoms with Gasteiger partial charge in [-0.2, -0.15) is 9.97 Å². The molecule has 0 aliphatic rings. The summed E-state index contributed by atoms with van der Waals surface area (Å²) >= 11 is 0. The molecule has 0 fully saturated rings. The molecule has 13 rings (SSSR count). The molecule has 0 unspecified atom stereocenters. The second-order valence-corrected chi connectivity index (χ2v) is 16.0. The first kappa shape index (κ1) is 34.5. The number of furan rings is 1. The van der Waals surface area contributed by atoms with Crippen LogP contribution >= 0.6 is 0 Å². The quantitative estimate of drug-likeness (QED) is 0.174. The van der Waals surface area contributed by atoms with Crippen LogP contribution in [0.3, 0.4) is 0 Å². The van der Waals surface area contributed by atoms with E-state index in [0.29, 0.717) is 17.6 Å². The summed E-state index contributed by atoms with van der Waals surface area (Å²) in [4.78, 5) is 16.0. The summed E-state index contributed by atoms with van der Waals surface area (Å²) in [6, 6.07) is 72.8. The van der Waals surface area contributed by atoms with Crippen molar-refractivity contribution in [2.24, 2.45) is 0 Å². The van der Waals surface area contributed by atoms with Gasteiger partial charge in [-0.15, -0.1) is 0 Å². The van der Waals surface area contributed by atoms with Crippen LogP contribution in [0.4, 0.5) is 0 Å². The summed E-state index contributed by atoms with van der Waals surface area (Å²) in [6.07, 6.45) is 0. The lowest BCUT2D eigenvalue weighted by Gasteiger charge is -2.13. The monoisotopic (exact) mass is 790 g/mol. The molecule has 0 saturated carbocycles. The number of hydrogen-bond donors (Lipinski definition) is 0. The molecule has 0 aliphatic carbocycles. The Bertz CT molecular complexity index is 3830. The van der Waals surface area contributed by atoms with Crippen molar-refractivity contribution in [3.63, 3.8) is 0 Å². The van der Waals surface area contributed by atoms with Gasteiger partial charge in [0.15, 0.2) is 11.6 Å². The third-order valence-electron chi connectivity index (χ3n) is 12.4. The van der Waals surface area contributed by atoms with E-state index in [9.17, 15) is 0 Å². The predicted octanol–water partition coefficient (Wildman–Crippen LogP) is 15.0. The Morgan fingerprint density at radius 3 is 1.48 bits per heavy atom. The lowest BCUT2D eigenvalue weighted by atomic mass is 9.94. The van der Waals surface area contributed by atoms with Gasteiger partial charge in [-0.05, 0) is 97.0 Å². The van der Waals surface area contributed by atoms with Gasteiger partial charge >= 0.3 is 0 Å². The van der Waals surface area contributed by atoms with Gasteiger partial charge in [0.2, 0.25) is 5.95 Å². The van der Waals surface area contributed by atoms with E-state index in [1.54, 1.807) is 0 Å². The maximum Gasteiger partial charge on any atom is 0.238 e. The molecule has 62 heavy (non-hydrogen) atoms. The van der Waals surface area contributed by atoms with Crippen LogP contribution in [0.2, 0.25) is 0 Å². The lowest BCUT2D eigenvalue weighted by molar-refractivity contribution is 0.669. The minimum Gasteiger partial charge on any atom is -0.456 e. The van der Waals surface area contributed by atoms with E-state index < -0.39 is 0 Å². The average Bonchev–Trinajstić information content (AvgIpc) is 3.88. The molecular weight excluding hydrogens is 757 g/mol. The maximum atomic E-state index is 6.42. The van der Waals surface area contributed by atoms with Crippen molar-refractivity contribution in [3.05, 3.63) is 206 Å². The number of nitrogens with zero attached hydrogens (tertiary/aromatic N) is 4. The van der Waals surface area contributed by atoms with Crippen molar-refractivity contribution in [1.29, 1.82) is 0 Å². The number of benzene rings is 10. The van der Waals surface area contributed by atoms with E-state index in [1.807, 2.05) is 6.07 Å². The normalized spacial score (nSPS) is 11.9. The molecule has 0 radical (unpaired) electrons. The minimum atomic E-state index is 0.553. The molecule has 0 N–H and O–H groups in total. The first-order valence-electron chi connectivity index (χ1n) is 20.9. The number of fused-ring (bicyclic) bond motifs is 11. The second-order valence-electron chi connectivity index (χ2n) is 16.0. The van der Waals surface area contributed by atoms with Crippen LogP contribution in [0.1, 0.15) is 0 Å². The highest BCUT2D eigenvalue weighted by Crippen LogP contribution is 2.41. The Hall–Kier alpha value is -8.41. The van der Waals surface area contributed by atoms with Gasteiger partial charge in [0.1, 0.15) is 11.2 Å². The number of hydrogen-bond acceptors (Lipinski definition) is 4. The molecule has 13 aromatic rings. The molecule has 10 aromatic carbocycles. The number of rotatable bonds is 5. The van der Waals surface area contributed by atoms with Crippen LogP contribution in [0.25, 0.3) is 127 Å². The van der Waals surface area contributed by atoms with Crippen molar-refractivity contribution < 1.29 is 4.42 Å². The average molecular weight is 791 g/mol. The van der Waals surface area contributed by atoms with E-state index in [2.05, 4.69) is 205 Å². The fourth-order valence-electron chi connectivity index (χ4n) is 9.49. The van der Waals surface area contributed by atoms with Gasteiger partial charge in [0.05, 0.1) is 11.0 Å². The molecule has 5 nitrogen and oxygen atoms in total. The summed E-state index contributed by atoms with van der Waals surface area (Å²) in [5, 5.41) is 11.5. The van der Waals surface area contributed by atoms with Gasteiger partial charge in [-0.1, -0.05) is 164 Å². The zero-order valence-electron chi connectivity index (χ0n) is 33.3. The summed E-state index contributed by atoms with van der Waals surface area (Å²) in [6.45, 7) is 0. The van der Waals surface area contributed by atoms with Gasteiger partial charge in [-0.25, -0.2) is 4.98 Å². The zero-order chi connectivity index (χ0) is 40.7. The number of aromatic nitrogens is 4. The Morgan fingerprint density at radius 2 is 0.823 bits per heavy atom. The van der Waals surface area contributed by atoms with E-state index in [1.165, 1.54) is 54.4 Å². The smallest absolute Gasteiger partial charge is 0.238 e. The second kappa shape index (κ2) is 13.6. The first-order valence-corrected chi connectivity index (χ1v) is 20.9. The minimum absolute atomic E-state index is 0.553. The van der Waals surface area contributed by atoms with Gasteiger partial charge in [0.25, 0.3) is 0 Å². The van der Waals surface area contributed by atoms with Crippen LogP contribution in [0.15, 0.2) is 211 Å². The largest absolute Gasteiger partial charge is 0.456 e. The highest BCUT2D eigenvalue weighted by atomic mass is 16.3. The molecule has 0 bridgehead atoms. The third-order valence-corrected chi connectivity index (χ3v) is 12.4. The predicted molar refractivity (Wildman–Crippen MR) is 256 cm³/mol. The Morgan fingerprint density at radius 1 is 0.323 bits per heavy atom. The van der Waals surface area contributed by atoms with E-state index in [-0.39, 0.29) is 0 Å². The van der Waals surface area contributed by atoms with Crippen LogP contribution < -0.4 is 0 Å². The van der Waals surface area contributed by atoms with Crippen molar-refractivity contribution in [2.75, 3.05) is 0 Å². The molecule has 0 spiro atoms. The van der Waals surface area contributed by atoms with Crippen LogP contribution in [-0.2, 0) is 0 Å². The molecule has 0 atom stereocenters. The van der Waals surface area contributed by atoms with Gasteiger partial charge in [0, 0.05) is 32.7 Å². The van der Waals surface area contributed by atoms with Crippen molar-refractivity contribution in [1.82, 2.24) is 19.5 Å². The third kappa shape index (κ3) is 5.38. The summed E-state index contributed by atoms with van der Waals surface area (Å²) < 4.78 is 8.64. The molecule has 5 heteroatoms. The van der Waals surface area contributed by atoms with Gasteiger partial charge < -0.3 is 4.42 Å². The first-order chi connectivity index (χ1) is 30.7. The van der Waals surface area contributed by atoms with E-state index in [0.717, 1.165) is 55.0 Å². The molecule has 3 heterocycles.